The van der Waals surface area contributed by atoms with Crippen LogP contribution < -0.4 is 5.32 Å². The number of benzene rings is 1. The minimum Gasteiger partial charge on any atom is -0.309 e. The molecule has 0 aliphatic heterocycles. The molecule has 0 bridgehead atoms. The Balaban J connectivity index is 2.40. The minimum absolute atomic E-state index is 0.287. The van der Waals surface area contributed by atoms with Crippen LogP contribution in [0.3, 0.4) is 0 Å². The van der Waals surface area contributed by atoms with Gasteiger partial charge in [0.05, 0.1) is 11.6 Å². The summed E-state index contributed by atoms with van der Waals surface area (Å²) >= 11 is 0. The number of aromatic nitrogens is 1. The zero-order valence-electron chi connectivity index (χ0n) is 10.3. The van der Waals surface area contributed by atoms with Crippen LogP contribution in [0.5, 0.6) is 0 Å². The predicted octanol–water partition coefficient (Wildman–Crippen LogP) is 3.41. The molecular formula is C14H13F3N2. The fourth-order valence-corrected chi connectivity index (χ4v) is 1.98. The Morgan fingerprint density at radius 3 is 2.32 bits per heavy atom. The van der Waals surface area contributed by atoms with E-state index in [-0.39, 0.29) is 6.04 Å². The van der Waals surface area contributed by atoms with Crippen LogP contribution in [0.25, 0.3) is 0 Å². The first-order valence-corrected chi connectivity index (χ1v) is 5.76. The monoisotopic (exact) mass is 266 g/mol. The molecule has 1 unspecified atom stereocenters. The second kappa shape index (κ2) is 5.40. The van der Waals surface area contributed by atoms with E-state index in [1.807, 2.05) is 0 Å². The molecule has 1 atom stereocenters. The van der Waals surface area contributed by atoms with Crippen molar-refractivity contribution in [2.45, 2.75) is 12.2 Å². The van der Waals surface area contributed by atoms with Crippen LogP contribution in [0, 0.1) is 0 Å². The lowest BCUT2D eigenvalue weighted by Gasteiger charge is -2.18. The van der Waals surface area contributed by atoms with Gasteiger partial charge < -0.3 is 5.32 Å². The Bertz CT molecular complexity index is 538. The summed E-state index contributed by atoms with van der Waals surface area (Å²) in [7, 11) is 1.71. The molecule has 1 aromatic carbocycles. The van der Waals surface area contributed by atoms with Gasteiger partial charge in [0, 0.05) is 12.4 Å². The molecule has 0 saturated carbocycles. The second-order valence-corrected chi connectivity index (χ2v) is 4.13. The number of nitrogens with zero attached hydrogens (tertiary/aromatic N) is 1. The maximum Gasteiger partial charge on any atom is 0.416 e. The molecule has 2 aromatic rings. The number of alkyl halides is 3. The van der Waals surface area contributed by atoms with E-state index in [9.17, 15) is 13.2 Å². The van der Waals surface area contributed by atoms with Crippen LogP contribution >= 0.6 is 0 Å². The van der Waals surface area contributed by atoms with Gasteiger partial charge in [-0.2, -0.15) is 13.2 Å². The van der Waals surface area contributed by atoms with Crippen LogP contribution in [0.1, 0.15) is 22.7 Å². The molecule has 1 aromatic heterocycles. The van der Waals surface area contributed by atoms with Gasteiger partial charge in [0.25, 0.3) is 0 Å². The standard InChI is InChI=1S/C14H13F3N2/c1-18-13(10-5-7-19-8-6-10)11-3-2-4-12(9-11)14(15,16)17/h2-9,13,18H,1H3. The first kappa shape index (κ1) is 13.5. The van der Waals surface area contributed by atoms with Crippen molar-refractivity contribution in [3.8, 4) is 0 Å². The highest BCUT2D eigenvalue weighted by Crippen LogP contribution is 2.31. The second-order valence-electron chi connectivity index (χ2n) is 4.13. The van der Waals surface area contributed by atoms with Gasteiger partial charge in [-0.15, -0.1) is 0 Å². The Morgan fingerprint density at radius 1 is 1.05 bits per heavy atom. The van der Waals surface area contributed by atoms with Crippen LogP contribution in [-0.2, 0) is 6.18 Å². The third-order valence-electron chi connectivity index (χ3n) is 2.88. The van der Waals surface area contributed by atoms with E-state index in [1.54, 1.807) is 37.6 Å². The fraction of sp³-hybridized carbons (Fsp3) is 0.214. The lowest BCUT2D eigenvalue weighted by molar-refractivity contribution is -0.137. The summed E-state index contributed by atoms with van der Waals surface area (Å²) in [6, 6.07) is 8.61. The van der Waals surface area contributed by atoms with E-state index in [0.29, 0.717) is 5.56 Å². The molecule has 0 saturated heterocycles. The maximum absolute atomic E-state index is 12.7. The van der Waals surface area contributed by atoms with Gasteiger partial charge in [-0.25, -0.2) is 0 Å². The number of hydrogen-bond acceptors (Lipinski definition) is 2. The minimum atomic E-state index is -4.33. The summed E-state index contributed by atoms with van der Waals surface area (Å²) in [6.45, 7) is 0. The van der Waals surface area contributed by atoms with Gasteiger partial charge in [0.1, 0.15) is 0 Å². The normalized spacial score (nSPS) is 13.3. The largest absolute Gasteiger partial charge is 0.416 e. The SMILES string of the molecule is CNC(c1ccncc1)c1cccc(C(F)(F)F)c1. The van der Waals surface area contributed by atoms with E-state index in [0.717, 1.165) is 11.6 Å². The molecule has 5 heteroatoms. The van der Waals surface area contributed by atoms with Crippen LogP contribution in [-0.4, -0.2) is 12.0 Å². The van der Waals surface area contributed by atoms with Gasteiger partial charge >= 0.3 is 6.18 Å². The number of pyridine rings is 1. The molecule has 0 aliphatic carbocycles. The molecule has 100 valence electrons. The topological polar surface area (TPSA) is 24.9 Å². The van der Waals surface area contributed by atoms with Gasteiger partial charge in [0.2, 0.25) is 0 Å². The van der Waals surface area contributed by atoms with E-state index >= 15 is 0 Å². The highest BCUT2D eigenvalue weighted by molar-refractivity contribution is 5.34. The third kappa shape index (κ3) is 3.12. The average molecular weight is 266 g/mol. The maximum atomic E-state index is 12.7. The number of nitrogens with one attached hydrogen (secondary N) is 1. The Kier molecular flexibility index (Phi) is 3.85. The molecule has 0 spiro atoms. The fourth-order valence-electron chi connectivity index (χ4n) is 1.98. The lowest BCUT2D eigenvalue weighted by atomic mass is 9.98. The summed E-state index contributed by atoms with van der Waals surface area (Å²) in [5.41, 5.74) is 0.805. The average Bonchev–Trinajstić information content (AvgIpc) is 2.40. The Morgan fingerprint density at radius 2 is 1.74 bits per heavy atom. The quantitative estimate of drug-likeness (QED) is 0.920. The smallest absolute Gasteiger partial charge is 0.309 e. The molecular weight excluding hydrogens is 253 g/mol. The predicted molar refractivity (Wildman–Crippen MR) is 66.6 cm³/mol. The van der Waals surface area contributed by atoms with Crippen molar-refractivity contribution in [2.24, 2.45) is 0 Å². The van der Waals surface area contributed by atoms with Crippen LogP contribution in [0.15, 0.2) is 48.8 Å². The molecule has 2 nitrogen and oxygen atoms in total. The van der Waals surface area contributed by atoms with E-state index < -0.39 is 11.7 Å². The van der Waals surface area contributed by atoms with E-state index in [4.69, 9.17) is 0 Å². The van der Waals surface area contributed by atoms with Gasteiger partial charge in [-0.3, -0.25) is 4.98 Å². The zero-order chi connectivity index (χ0) is 13.9. The van der Waals surface area contributed by atoms with Crippen molar-refractivity contribution < 1.29 is 13.2 Å². The first-order chi connectivity index (χ1) is 9.02. The molecule has 2 rings (SSSR count). The third-order valence-corrected chi connectivity index (χ3v) is 2.88. The number of hydrogen-bond donors (Lipinski definition) is 1. The molecule has 1 N–H and O–H groups in total. The van der Waals surface area contributed by atoms with E-state index in [2.05, 4.69) is 10.3 Å². The van der Waals surface area contributed by atoms with E-state index in [1.165, 1.54) is 12.1 Å². The van der Waals surface area contributed by atoms with Gasteiger partial charge in [-0.05, 0) is 42.4 Å². The summed E-state index contributed by atoms with van der Waals surface area (Å²) in [5, 5.41) is 3.02. The van der Waals surface area contributed by atoms with Crippen molar-refractivity contribution in [1.29, 1.82) is 0 Å². The summed E-state index contributed by atoms with van der Waals surface area (Å²) in [4.78, 5) is 3.90. The summed E-state index contributed by atoms with van der Waals surface area (Å²) < 4.78 is 38.1. The lowest BCUT2D eigenvalue weighted by Crippen LogP contribution is -2.18. The summed E-state index contributed by atoms with van der Waals surface area (Å²) in [5.74, 6) is 0. The number of halogens is 3. The first-order valence-electron chi connectivity index (χ1n) is 5.76. The highest BCUT2D eigenvalue weighted by atomic mass is 19.4. The van der Waals surface area contributed by atoms with Gasteiger partial charge in [-0.1, -0.05) is 12.1 Å². The van der Waals surface area contributed by atoms with Crippen molar-refractivity contribution in [3.05, 3.63) is 65.5 Å². The number of rotatable bonds is 3. The molecule has 0 aliphatic rings. The molecule has 0 radical (unpaired) electrons. The highest BCUT2D eigenvalue weighted by Gasteiger charge is 2.31. The molecule has 0 amide bonds. The summed E-state index contributed by atoms with van der Waals surface area (Å²) in [6.07, 6.45) is -1.09. The van der Waals surface area contributed by atoms with Crippen LogP contribution in [0.2, 0.25) is 0 Å². The molecule has 19 heavy (non-hydrogen) atoms. The van der Waals surface area contributed by atoms with Crippen molar-refractivity contribution in [1.82, 2.24) is 10.3 Å². The van der Waals surface area contributed by atoms with Crippen molar-refractivity contribution in [3.63, 3.8) is 0 Å². The Labute approximate surface area is 109 Å². The van der Waals surface area contributed by atoms with Crippen molar-refractivity contribution in [2.75, 3.05) is 7.05 Å². The van der Waals surface area contributed by atoms with Gasteiger partial charge in [0.15, 0.2) is 0 Å². The van der Waals surface area contributed by atoms with Crippen molar-refractivity contribution >= 4 is 0 Å². The van der Waals surface area contributed by atoms with Crippen LogP contribution in [0.4, 0.5) is 13.2 Å². The molecule has 1 heterocycles. The molecule has 0 fully saturated rings. The zero-order valence-corrected chi connectivity index (χ0v) is 10.3. The Hall–Kier alpha value is -1.88.